The highest BCUT2D eigenvalue weighted by atomic mass is 16.1. The molecule has 0 bridgehead atoms. The summed E-state index contributed by atoms with van der Waals surface area (Å²) in [6.07, 6.45) is 3.10. The molecular formula is C15H16N4O. The lowest BCUT2D eigenvalue weighted by molar-refractivity contribution is -0.116. The number of hydrogen-bond donors (Lipinski definition) is 2. The van der Waals surface area contributed by atoms with Crippen molar-refractivity contribution in [1.29, 1.82) is 0 Å². The zero-order valence-corrected chi connectivity index (χ0v) is 11.3. The maximum atomic E-state index is 11.4. The molecule has 1 aromatic carbocycles. The number of carbonyl (C=O) groups is 1. The number of anilines is 1. The summed E-state index contributed by atoms with van der Waals surface area (Å²) >= 11 is 0. The molecule has 0 atom stereocenters. The number of fused-ring (bicyclic) bond motifs is 1. The van der Waals surface area contributed by atoms with E-state index in [0.717, 1.165) is 34.8 Å². The Morgan fingerprint density at radius 3 is 3.05 bits per heavy atom. The fourth-order valence-electron chi connectivity index (χ4n) is 2.35. The first-order valence-corrected chi connectivity index (χ1v) is 6.66. The predicted molar refractivity (Wildman–Crippen MR) is 77.2 cm³/mol. The van der Waals surface area contributed by atoms with E-state index in [-0.39, 0.29) is 5.91 Å². The molecule has 0 spiro atoms. The van der Waals surface area contributed by atoms with Crippen molar-refractivity contribution < 1.29 is 4.79 Å². The molecule has 0 saturated heterocycles. The minimum absolute atomic E-state index is 0.0867. The lowest BCUT2D eigenvalue weighted by atomic mass is 9.99. The van der Waals surface area contributed by atoms with E-state index < -0.39 is 0 Å². The van der Waals surface area contributed by atoms with Gasteiger partial charge in [-0.05, 0) is 37.2 Å². The van der Waals surface area contributed by atoms with Crippen molar-refractivity contribution >= 4 is 11.6 Å². The van der Waals surface area contributed by atoms with Crippen LogP contribution in [0.25, 0.3) is 11.3 Å². The zero-order chi connectivity index (χ0) is 13.9. The standard InChI is InChI=1S/C15H16N4O/c1-16-9-14-17-7-6-13(18-14)10-2-4-12-11(8-10)3-5-15(20)19-12/h2,4,6-8,16H,3,5,9H2,1H3,(H,19,20). The molecule has 102 valence electrons. The number of nitrogens with one attached hydrogen (secondary N) is 2. The van der Waals surface area contributed by atoms with Gasteiger partial charge < -0.3 is 10.6 Å². The molecule has 5 heteroatoms. The van der Waals surface area contributed by atoms with Crippen LogP contribution in [0.15, 0.2) is 30.5 Å². The van der Waals surface area contributed by atoms with Crippen molar-refractivity contribution in [3.05, 3.63) is 41.9 Å². The highest BCUT2D eigenvalue weighted by Crippen LogP contribution is 2.27. The van der Waals surface area contributed by atoms with Crippen LogP contribution < -0.4 is 10.6 Å². The minimum Gasteiger partial charge on any atom is -0.326 e. The van der Waals surface area contributed by atoms with Crippen LogP contribution in [0.2, 0.25) is 0 Å². The van der Waals surface area contributed by atoms with E-state index in [9.17, 15) is 4.79 Å². The maximum Gasteiger partial charge on any atom is 0.224 e. The van der Waals surface area contributed by atoms with Crippen molar-refractivity contribution in [3.8, 4) is 11.3 Å². The van der Waals surface area contributed by atoms with Gasteiger partial charge in [0.2, 0.25) is 5.91 Å². The average molecular weight is 268 g/mol. The summed E-state index contributed by atoms with van der Waals surface area (Å²) in [6, 6.07) is 7.93. The quantitative estimate of drug-likeness (QED) is 0.890. The number of amides is 1. The Balaban J connectivity index is 1.94. The first-order valence-electron chi connectivity index (χ1n) is 6.66. The van der Waals surface area contributed by atoms with E-state index in [2.05, 4.69) is 26.7 Å². The SMILES string of the molecule is CNCc1nccc(-c2ccc3c(c2)CCC(=O)N3)n1. The third kappa shape index (κ3) is 2.53. The van der Waals surface area contributed by atoms with Gasteiger partial charge in [-0.25, -0.2) is 9.97 Å². The first-order chi connectivity index (χ1) is 9.76. The molecule has 0 radical (unpaired) electrons. The Hall–Kier alpha value is -2.27. The number of aryl methyl sites for hydroxylation is 1. The molecule has 3 rings (SSSR count). The normalized spacial score (nSPS) is 13.8. The number of rotatable bonds is 3. The Labute approximate surface area is 117 Å². The van der Waals surface area contributed by atoms with Gasteiger partial charge in [-0.1, -0.05) is 6.07 Å². The van der Waals surface area contributed by atoms with Crippen LogP contribution in [0.3, 0.4) is 0 Å². The number of nitrogens with zero attached hydrogens (tertiary/aromatic N) is 2. The van der Waals surface area contributed by atoms with Gasteiger partial charge in [0, 0.05) is 23.9 Å². The molecule has 1 aliphatic heterocycles. The Morgan fingerprint density at radius 2 is 2.20 bits per heavy atom. The molecule has 2 N–H and O–H groups in total. The summed E-state index contributed by atoms with van der Waals surface area (Å²) in [7, 11) is 1.87. The second-order valence-electron chi connectivity index (χ2n) is 4.81. The van der Waals surface area contributed by atoms with Crippen LogP contribution in [-0.2, 0) is 17.8 Å². The second kappa shape index (κ2) is 5.38. The first kappa shape index (κ1) is 12.7. The van der Waals surface area contributed by atoms with Gasteiger partial charge in [0.25, 0.3) is 0 Å². The lowest BCUT2D eigenvalue weighted by Gasteiger charge is -2.17. The molecule has 0 fully saturated rings. The molecule has 0 saturated carbocycles. The van der Waals surface area contributed by atoms with E-state index >= 15 is 0 Å². The summed E-state index contributed by atoms with van der Waals surface area (Å²) in [4.78, 5) is 20.1. The summed E-state index contributed by atoms with van der Waals surface area (Å²) < 4.78 is 0. The van der Waals surface area contributed by atoms with Gasteiger partial charge in [0.05, 0.1) is 12.2 Å². The van der Waals surface area contributed by atoms with E-state index in [1.807, 2.05) is 25.2 Å². The van der Waals surface area contributed by atoms with Crippen LogP contribution in [0.5, 0.6) is 0 Å². The van der Waals surface area contributed by atoms with Crippen molar-refractivity contribution in [2.24, 2.45) is 0 Å². The molecule has 2 heterocycles. The highest BCUT2D eigenvalue weighted by Gasteiger charge is 2.15. The van der Waals surface area contributed by atoms with Crippen molar-refractivity contribution in [1.82, 2.24) is 15.3 Å². The summed E-state index contributed by atoms with van der Waals surface area (Å²) in [6.45, 7) is 0.648. The monoisotopic (exact) mass is 268 g/mol. The van der Waals surface area contributed by atoms with E-state index in [4.69, 9.17) is 0 Å². The summed E-state index contributed by atoms with van der Waals surface area (Å²) in [5.74, 6) is 0.861. The molecule has 0 unspecified atom stereocenters. The Bertz CT molecular complexity index is 654. The third-order valence-electron chi connectivity index (χ3n) is 3.34. The molecule has 2 aromatic rings. The molecular weight excluding hydrogens is 252 g/mol. The Kier molecular flexibility index (Phi) is 3.43. The molecule has 5 nitrogen and oxygen atoms in total. The van der Waals surface area contributed by atoms with E-state index in [1.165, 1.54) is 0 Å². The van der Waals surface area contributed by atoms with Gasteiger partial charge in [-0.15, -0.1) is 0 Å². The lowest BCUT2D eigenvalue weighted by Crippen LogP contribution is -2.18. The number of carbonyl (C=O) groups excluding carboxylic acids is 1. The number of aromatic nitrogens is 2. The fraction of sp³-hybridized carbons (Fsp3) is 0.267. The number of hydrogen-bond acceptors (Lipinski definition) is 4. The fourth-order valence-corrected chi connectivity index (χ4v) is 2.35. The van der Waals surface area contributed by atoms with Crippen LogP contribution in [-0.4, -0.2) is 22.9 Å². The Morgan fingerprint density at radius 1 is 1.30 bits per heavy atom. The largest absolute Gasteiger partial charge is 0.326 e. The van der Waals surface area contributed by atoms with E-state index in [0.29, 0.717) is 13.0 Å². The van der Waals surface area contributed by atoms with Gasteiger partial charge in [-0.2, -0.15) is 0 Å². The summed E-state index contributed by atoms with van der Waals surface area (Å²) in [5, 5.41) is 5.93. The van der Waals surface area contributed by atoms with Gasteiger partial charge in [-0.3, -0.25) is 4.79 Å². The highest BCUT2D eigenvalue weighted by molar-refractivity contribution is 5.94. The molecule has 1 aromatic heterocycles. The maximum absolute atomic E-state index is 11.4. The topological polar surface area (TPSA) is 66.9 Å². The summed E-state index contributed by atoms with van der Waals surface area (Å²) in [5.41, 5.74) is 4.04. The molecule has 1 aliphatic rings. The third-order valence-corrected chi connectivity index (χ3v) is 3.34. The smallest absolute Gasteiger partial charge is 0.224 e. The van der Waals surface area contributed by atoms with Gasteiger partial charge in [0.15, 0.2) is 0 Å². The van der Waals surface area contributed by atoms with Crippen molar-refractivity contribution in [3.63, 3.8) is 0 Å². The van der Waals surface area contributed by atoms with E-state index in [1.54, 1.807) is 6.20 Å². The zero-order valence-electron chi connectivity index (χ0n) is 11.3. The predicted octanol–water partition coefficient (Wildman–Crippen LogP) is 1.75. The molecule has 20 heavy (non-hydrogen) atoms. The number of benzene rings is 1. The van der Waals surface area contributed by atoms with Crippen molar-refractivity contribution in [2.75, 3.05) is 12.4 Å². The average Bonchev–Trinajstić information content (AvgIpc) is 2.47. The molecule has 0 aliphatic carbocycles. The second-order valence-corrected chi connectivity index (χ2v) is 4.81. The van der Waals surface area contributed by atoms with Crippen LogP contribution in [0.4, 0.5) is 5.69 Å². The van der Waals surface area contributed by atoms with Crippen LogP contribution in [0.1, 0.15) is 17.8 Å². The van der Waals surface area contributed by atoms with Crippen LogP contribution in [0, 0.1) is 0 Å². The molecule has 1 amide bonds. The van der Waals surface area contributed by atoms with Gasteiger partial charge in [0.1, 0.15) is 5.82 Å². The minimum atomic E-state index is 0.0867. The van der Waals surface area contributed by atoms with Crippen molar-refractivity contribution in [2.45, 2.75) is 19.4 Å². The van der Waals surface area contributed by atoms with Crippen LogP contribution >= 0.6 is 0 Å². The van der Waals surface area contributed by atoms with Gasteiger partial charge >= 0.3 is 0 Å².